The summed E-state index contributed by atoms with van der Waals surface area (Å²) < 4.78 is 0. The van der Waals surface area contributed by atoms with E-state index in [-0.39, 0.29) is 73.2 Å². The summed E-state index contributed by atoms with van der Waals surface area (Å²) >= 11 is 0. The Balaban J connectivity index is -0.0000000150. The van der Waals surface area contributed by atoms with Gasteiger partial charge < -0.3 is 0 Å². The lowest BCUT2D eigenvalue weighted by atomic mass is 10.4. The zero-order chi connectivity index (χ0) is 4.24. The van der Waals surface area contributed by atoms with Crippen LogP contribution in [0.5, 0.6) is 0 Å². The molecule has 0 radical (unpaired) electrons. The maximum Gasteiger partial charge on any atom is -0.0623 e. The van der Waals surface area contributed by atoms with Crippen molar-refractivity contribution in [3.8, 4) is 0 Å². The van der Waals surface area contributed by atoms with Crippen LogP contribution in [-0.4, -0.2) is 0 Å². The van der Waals surface area contributed by atoms with E-state index in [1.807, 2.05) is 36.4 Å². The molecule has 3 heteroatoms. The van der Waals surface area contributed by atoms with Crippen molar-refractivity contribution in [3.05, 3.63) is 36.4 Å². The molecular formula is C9H21Br3. The Morgan fingerprint density at radius 3 is 0.500 bits per heavy atom. The lowest BCUT2D eigenvalue weighted by Crippen LogP contribution is -1.47. The highest BCUT2D eigenvalue weighted by Gasteiger charge is 1.57. The summed E-state index contributed by atoms with van der Waals surface area (Å²) in [5, 5.41) is 0. The molecule has 0 atom stereocenters. The smallest absolute Gasteiger partial charge is 0.0623 e. The normalized spacial score (nSPS) is 4.00. The van der Waals surface area contributed by atoms with Gasteiger partial charge in [-0.2, -0.15) is 0 Å². The van der Waals surface area contributed by atoms with E-state index in [0.29, 0.717) is 0 Å². The monoisotopic (exact) mass is 366 g/mol. The number of rotatable bonds is 0. The van der Waals surface area contributed by atoms with Crippen LogP contribution in [-0.2, 0) is 0 Å². The minimum atomic E-state index is 0. The van der Waals surface area contributed by atoms with E-state index in [1.54, 1.807) is 0 Å². The van der Waals surface area contributed by atoms with Gasteiger partial charge in [0, 0.05) is 0 Å². The minimum absolute atomic E-state index is 0. The molecule has 0 aliphatic carbocycles. The molecule has 1 rings (SSSR count). The van der Waals surface area contributed by atoms with Gasteiger partial charge >= 0.3 is 0 Å². The summed E-state index contributed by atoms with van der Waals surface area (Å²) in [7, 11) is 0. The zero-order valence-electron chi connectivity index (χ0n) is 4.69. The van der Waals surface area contributed by atoms with Gasteiger partial charge in [-0.25, -0.2) is 0 Å². The fourth-order valence-electron chi connectivity index (χ4n) is 0.385. The molecule has 0 fully saturated rings. The maximum atomic E-state index is 2.00. The van der Waals surface area contributed by atoms with Crippen molar-refractivity contribution in [1.29, 1.82) is 0 Å². The Kier molecular flexibility index (Phi) is 96.6. The first kappa shape index (κ1) is 38.8. The molecule has 0 amide bonds. The van der Waals surface area contributed by atoms with Gasteiger partial charge in [-0.05, 0) is 0 Å². The third-order valence-electron chi connectivity index (χ3n) is 0.667. The molecule has 0 saturated heterocycles. The molecule has 1 aromatic carbocycles. The largest absolute Gasteiger partial charge is 0.114 e. The molecule has 0 unspecified atom stereocenters. The van der Waals surface area contributed by atoms with Gasteiger partial charge in [0.05, 0.1) is 0 Å². The van der Waals surface area contributed by atoms with Crippen LogP contribution in [0.1, 0.15) is 22.3 Å². The molecule has 0 nitrogen and oxygen atoms in total. The van der Waals surface area contributed by atoms with Crippen LogP contribution in [0.4, 0.5) is 0 Å². The van der Waals surface area contributed by atoms with Crippen LogP contribution >= 0.6 is 50.9 Å². The predicted octanol–water partition coefficient (Wildman–Crippen LogP) is 5.33. The third kappa shape index (κ3) is 22.4. The van der Waals surface area contributed by atoms with E-state index in [0.717, 1.165) is 0 Å². The second-order valence-electron chi connectivity index (χ2n) is 1.15. The van der Waals surface area contributed by atoms with Crippen molar-refractivity contribution in [3.63, 3.8) is 0 Å². The van der Waals surface area contributed by atoms with Crippen LogP contribution in [0.25, 0.3) is 0 Å². The zero-order valence-corrected chi connectivity index (χ0v) is 9.83. The van der Waals surface area contributed by atoms with Gasteiger partial charge in [-0.3, -0.25) is 0 Å². The highest BCUT2D eigenvalue weighted by molar-refractivity contribution is 8.93. The molecular weight excluding hydrogens is 348 g/mol. The van der Waals surface area contributed by atoms with E-state index >= 15 is 0 Å². The highest BCUT2D eigenvalue weighted by Crippen LogP contribution is 1.79. The van der Waals surface area contributed by atoms with Gasteiger partial charge in [0.25, 0.3) is 0 Å². The summed E-state index contributed by atoms with van der Waals surface area (Å²) in [5.41, 5.74) is 0. The Bertz CT molecular complexity index is 81.7. The van der Waals surface area contributed by atoms with Gasteiger partial charge in [0.15, 0.2) is 0 Å². The molecule has 1 aromatic rings. The second-order valence-corrected chi connectivity index (χ2v) is 1.15. The fraction of sp³-hybridized carbons (Fsp3) is 0.333. The Labute approximate surface area is 109 Å². The van der Waals surface area contributed by atoms with E-state index in [1.165, 1.54) is 0 Å². The first-order chi connectivity index (χ1) is 3.00. The number of halogens is 3. The van der Waals surface area contributed by atoms with Crippen molar-refractivity contribution in [2.24, 2.45) is 0 Å². The van der Waals surface area contributed by atoms with Crippen molar-refractivity contribution in [2.75, 3.05) is 0 Å². The van der Waals surface area contributed by atoms with Crippen molar-refractivity contribution >= 4 is 50.9 Å². The van der Waals surface area contributed by atoms with Gasteiger partial charge in [0.1, 0.15) is 0 Å². The maximum absolute atomic E-state index is 2.00. The average Bonchev–Trinajstić information content (AvgIpc) is 1.72. The molecule has 0 bridgehead atoms. The summed E-state index contributed by atoms with van der Waals surface area (Å²) in [6.07, 6.45) is 0. The standard InChI is InChI=1S/C6H6.3CH4.3BrH/c1-2-4-6-5-3-1;;;;;;/h1-6H;3*1H4;3*1H. The summed E-state index contributed by atoms with van der Waals surface area (Å²) in [6, 6.07) is 12.0. The first-order valence-corrected chi connectivity index (χ1v) is 2.00. The van der Waals surface area contributed by atoms with Crippen LogP contribution in [0.3, 0.4) is 0 Å². The van der Waals surface area contributed by atoms with Gasteiger partial charge in [0.2, 0.25) is 0 Å². The summed E-state index contributed by atoms with van der Waals surface area (Å²) in [6.45, 7) is 0. The minimum Gasteiger partial charge on any atom is -0.114 e. The average molecular weight is 369 g/mol. The summed E-state index contributed by atoms with van der Waals surface area (Å²) in [4.78, 5) is 0. The Morgan fingerprint density at radius 1 is 0.333 bits per heavy atom. The predicted molar refractivity (Wildman–Crippen MR) is 77.6 cm³/mol. The Hall–Kier alpha value is 0.660. The number of hydrogen-bond acceptors (Lipinski definition) is 0. The molecule has 12 heavy (non-hydrogen) atoms. The fourth-order valence-corrected chi connectivity index (χ4v) is 0.385. The van der Waals surface area contributed by atoms with Crippen molar-refractivity contribution < 1.29 is 0 Å². The van der Waals surface area contributed by atoms with E-state index in [4.69, 9.17) is 0 Å². The number of benzene rings is 1. The molecule has 0 saturated carbocycles. The molecule has 78 valence electrons. The van der Waals surface area contributed by atoms with E-state index in [2.05, 4.69) is 0 Å². The second kappa shape index (κ2) is 29.9. The molecule has 0 N–H and O–H groups in total. The van der Waals surface area contributed by atoms with Crippen molar-refractivity contribution in [2.45, 2.75) is 22.3 Å². The summed E-state index contributed by atoms with van der Waals surface area (Å²) in [5.74, 6) is 0. The van der Waals surface area contributed by atoms with Crippen LogP contribution in [0, 0.1) is 0 Å². The first-order valence-electron chi connectivity index (χ1n) is 2.00. The van der Waals surface area contributed by atoms with Crippen LogP contribution in [0.2, 0.25) is 0 Å². The molecule has 0 aromatic heterocycles. The Morgan fingerprint density at radius 2 is 0.417 bits per heavy atom. The quantitative estimate of drug-likeness (QED) is 0.580. The molecule has 0 spiro atoms. The molecule has 0 aliphatic heterocycles. The highest BCUT2D eigenvalue weighted by atomic mass is 79.9. The van der Waals surface area contributed by atoms with Crippen LogP contribution in [0.15, 0.2) is 36.4 Å². The lowest BCUT2D eigenvalue weighted by molar-refractivity contribution is 1.72. The van der Waals surface area contributed by atoms with E-state index in [9.17, 15) is 0 Å². The topological polar surface area (TPSA) is 0 Å². The third-order valence-corrected chi connectivity index (χ3v) is 0.667. The van der Waals surface area contributed by atoms with Crippen molar-refractivity contribution in [1.82, 2.24) is 0 Å². The number of hydrogen-bond donors (Lipinski definition) is 0. The van der Waals surface area contributed by atoms with Crippen LogP contribution < -0.4 is 0 Å². The van der Waals surface area contributed by atoms with Gasteiger partial charge in [-0.15, -0.1) is 50.9 Å². The van der Waals surface area contributed by atoms with E-state index < -0.39 is 0 Å². The lowest BCUT2D eigenvalue weighted by Gasteiger charge is -1.69. The molecule has 0 aliphatic rings. The molecule has 0 heterocycles. The van der Waals surface area contributed by atoms with Gasteiger partial charge in [-0.1, -0.05) is 58.7 Å². The SMILES string of the molecule is Br.Br.Br.C.C.C.c1ccccc1.